The number of ether oxygens (including phenoxy) is 1. The first-order valence-electron chi connectivity index (χ1n) is 8.85. The van der Waals surface area contributed by atoms with E-state index in [1.807, 2.05) is 6.20 Å². The maximum absolute atomic E-state index is 5.95. The molecule has 0 unspecified atom stereocenters. The van der Waals surface area contributed by atoms with Crippen LogP contribution in [0.5, 0.6) is 5.75 Å². The van der Waals surface area contributed by atoms with Crippen molar-refractivity contribution in [2.24, 2.45) is 5.92 Å². The highest BCUT2D eigenvalue weighted by Gasteiger charge is 2.14. The molecule has 0 spiro atoms. The topological polar surface area (TPSA) is 22.1 Å². The van der Waals surface area contributed by atoms with Crippen LogP contribution in [-0.4, -0.2) is 11.6 Å². The second-order valence-corrected chi connectivity index (χ2v) is 6.45. The number of aryl methyl sites for hydroxylation is 1. The Hall–Kier alpha value is -1.83. The van der Waals surface area contributed by atoms with E-state index in [9.17, 15) is 0 Å². The van der Waals surface area contributed by atoms with Crippen LogP contribution in [0.25, 0.3) is 11.3 Å². The number of aromatic nitrogens is 1. The highest BCUT2D eigenvalue weighted by Crippen LogP contribution is 2.25. The lowest BCUT2D eigenvalue weighted by atomic mass is 9.90. The van der Waals surface area contributed by atoms with E-state index in [1.165, 1.54) is 31.2 Å². The van der Waals surface area contributed by atoms with Crippen LogP contribution in [0.3, 0.4) is 0 Å². The molecule has 121 valence electrons. The molecule has 0 aliphatic heterocycles. The molecule has 1 aliphatic carbocycles. The standard InChI is InChI=1S/C21H26NO/c1-2-6-17-9-14-21(22-15-17)19-10-12-20(13-11-19)23-16-18-7-4-3-5-8-18/h3,9-15,18H,2,4-8,16H2,1H3. The van der Waals surface area contributed by atoms with Gasteiger partial charge in [-0.05, 0) is 80.3 Å². The van der Waals surface area contributed by atoms with Gasteiger partial charge in [0.25, 0.3) is 0 Å². The van der Waals surface area contributed by atoms with Crippen molar-refractivity contribution in [3.8, 4) is 17.0 Å². The van der Waals surface area contributed by atoms with Gasteiger partial charge in [0.15, 0.2) is 0 Å². The minimum atomic E-state index is 0.715. The predicted octanol–water partition coefficient (Wildman–Crippen LogP) is 5.47. The van der Waals surface area contributed by atoms with E-state index >= 15 is 0 Å². The Labute approximate surface area is 139 Å². The van der Waals surface area contributed by atoms with Crippen LogP contribution < -0.4 is 4.74 Å². The van der Waals surface area contributed by atoms with Crippen molar-refractivity contribution < 1.29 is 4.74 Å². The summed E-state index contributed by atoms with van der Waals surface area (Å²) in [5, 5.41) is 0. The summed E-state index contributed by atoms with van der Waals surface area (Å²) in [6.07, 6.45) is 11.7. The zero-order chi connectivity index (χ0) is 15.9. The Morgan fingerprint density at radius 3 is 2.48 bits per heavy atom. The van der Waals surface area contributed by atoms with Gasteiger partial charge in [0.05, 0.1) is 12.3 Å². The van der Waals surface area contributed by atoms with E-state index in [-0.39, 0.29) is 0 Å². The van der Waals surface area contributed by atoms with E-state index in [4.69, 9.17) is 4.74 Å². The van der Waals surface area contributed by atoms with Gasteiger partial charge in [-0.3, -0.25) is 4.98 Å². The van der Waals surface area contributed by atoms with Crippen molar-refractivity contribution in [1.82, 2.24) is 4.98 Å². The second kappa shape index (κ2) is 8.14. The lowest BCUT2D eigenvalue weighted by molar-refractivity contribution is 0.221. The van der Waals surface area contributed by atoms with Crippen molar-refractivity contribution in [2.45, 2.75) is 45.4 Å². The second-order valence-electron chi connectivity index (χ2n) is 6.45. The van der Waals surface area contributed by atoms with Crippen LogP contribution in [0.15, 0.2) is 42.6 Å². The molecule has 1 fully saturated rings. The largest absolute Gasteiger partial charge is 0.493 e. The predicted molar refractivity (Wildman–Crippen MR) is 95.4 cm³/mol. The molecule has 1 radical (unpaired) electrons. The van der Waals surface area contributed by atoms with Gasteiger partial charge in [0, 0.05) is 11.8 Å². The van der Waals surface area contributed by atoms with Gasteiger partial charge in [-0.2, -0.15) is 0 Å². The summed E-state index contributed by atoms with van der Waals surface area (Å²) in [5.41, 5.74) is 3.48. The molecular formula is C21H26NO. The summed E-state index contributed by atoms with van der Waals surface area (Å²) >= 11 is 0. The van der Waals surface area contributed by atoms with Crippen LogP contribution in [0, 0.1) is 12.3 Å². The van der Waals surface area contributed by atoms with Crippen LogP contribution in [0.4, 0.5) is 0 Å². The number of nitrogens with zero attached hydrogens (tertiary/aromatic N) is 1. The molecule has 0 amide bonds. The molecule has 3 rings (SSSR count). The molecule has 1 aliphatic rings. The summed E-state index contributed by atoms with van der Waals surface area (Å²) in [6, 6.07) is 12.6. The summed E-state index contributed by atoms with van der Waals surface area (Å²) in [5.74, 6) is 1.68. The summed E-state index contributed by atoms with van der Waals surface area (Å²) in [7, 11) is 0. The maximum Gasteiger partial charge on any atom is 0.119 e. The van der Waals surface area contributed by atoms with Crippen molar-refractivity contribution in [3.05, 3.63) is 54.6 Å². The molecule has 0 atom stereocenters. The normalized spacial score (nSPS) is 15.5. The third kappa shape index (κ3) is 4.57. The fourth-order valence-corrected chi connectivity index (χ4v) is 3.13. The van der Waals surface area contributed by atoms with Crippen LogP contribution in [-0.2, 0) is 6.42 Å². The smallest absolute Gasteiger partial charge is 0.119 e. The zero-order valence-corrected chi connectivity index (χ0v) is 14.0. The Bertz CT molecular complexity index is 582. The van der Waals surface area contributed by atoms with Gasteiger partial charge in [0.1, 0.15) is 5.75 Å². The average Bonchev–Trinajstić information content (AvgIpc) is 2.62. The SMILES string of the molecule is CCCc1ccc(-c2ccc(OCC3CC[CH]CC3)cc2)nc1. The fraction of sp³-hybridized carbons (Fsp3) is 0.429. The quantitative estimate of drug-likeness (QED) is 0.705. The van der Waals surface area contributed by atoms with Gasteiger partial charge < -0.3 is 4.74 Å². The Morgan fingerprint density at radius 1 is 1.04 bits per heavy atom. The van der Waals surface area contributed by atoms with Gasteiger partial charge in [-0.1, -0.05) is 19.4 Å². The third-order valence-electron chi connectivity index (χ3n) is 4.56. The Balaban J connectivity index is 1.57. The summed E-state index contributed by atoms with van der Waals surface area (Å²) in [6.45, 7) is 3.04. The minimum absolute atomic E-state index is 0.715. The summed E-state index contributed by atoms with van der Waals surface area (Å²) < 4.78 is 5.95. The maximum atomic E-state index is 5.95. The number of pyridine rings is 1. The molecule has 2 heteroatoms. The first-order chi connectivity index (χ1) is 11.3. The van der Waals surface area contributed by atoms with E-state index in [2.05, 4.69) is 54.7 Å². The number of hydrogen-bond donors (Lipinski definition) is 0. The molecule has 1 aromatic carbocycles. The first-order valence-corrected chi connectivity index (χ1v) is 8.85. The minimum Gasteiger partial charge on any atom is -0.493 e. The molecule has 1 aromatic heterocycles. The van der Waals surface area contributed by atoms with Gasteiger partial charge in [-0.25, -0.2) is 0 Å². The van der Waals surface area contributed by atoms with Crippen molar-refractivity contribution in [1.29, 1.82) is 0 Å². The van der Waals surface area contributed by atoms with Gasteiger partial charge in [0.2, 0.25) is 0 Å². The molecule has 2 nitrogen and oxygen atoms in total. The summed E-state index contributed by atoms with van der Waals surface area (Å²) in [4.78, 5) is 4.57. The highest BCUT2D eigenvalue weighted by atomic mass is 16.5. The molecule has 23 heavy (non-hydrogen) atoms. The first kappa shape index (κ1) is 16.0. The molecule has 1 heterocycles. The number of rotatable bonds is 6. The van der Waals surface area contributed by atoms with E-state index in [0.717, 1.165) is 36.5 Å². The lowest BCUT2D eigenvalue weighted by Gasteiger charge is -2.21. The monoisotopic (exact) mass is 308 g/mol. The lowest BCUT2D eigenvalue weighted by Crippen LogP contribution is -2.15. The van der Waals surface area contributed by atoms with E-state index in [0.29, 0.717) is 5.92 Å². The number of hydrogen-bond acceptors (Lipinski definition) is 2. The van der Waals surface area contributed by atoms with Crippen molar-refractivity contribution >= 4 is 0 Å². The van der Waals surface area contributed by atoms with Crippen LogP contribution >= 0.6 is 0 Å². The van der Waals surface area contributed by atoms with Gasteiger partial charge >= 0.3 is 0 Å². The fourth-order valence-electron chi connectivity index (χ4n) is 3.13. The third-order valence-corrected chi connectivity index (χ3v) is 4.56. The van der Waals surface area contributed by atoms with Gasteiger partial charge in [-0.15, -0.1) is 0 Å². The Morgan fingerprint density at radius 2 is 1.83 bits per heavy atom. The average molecular weight is 308 g/mol. The highest BCUT2D eigenvalue weighted by molar-refractivity contribution is 5.60. The molecule has 0 saturated heterocycles. The molecule has 0 bridgehead atoms. The Kier molecular flexibility index (Phi) is 5.68. The molecule has 2 aromatic rings. The van der Waals surface area contributed by atoms with Crippen LogP contribution in [0.1, 0.15) is 44.6 Å². The van der Waals surface area contributed by atoms with Crippen molar-refractivity contribution in [3.63, 3.8) is 0 Å². The molecule has 0 N–H and O–H groups in total. The number of benzene rings is 1. The molecule has 1 saturated carbocycles. The van der Waals surface area contributed by atoms with Crippen molar-refractivity contribution in [2.75, 3.05) is 6.61 Å². The van der Waals surface area contributed by atoms with Crippen LogP contribution in [0.2, 0.25) is 0 Å². The van der Waals surface area contributed by atoms with E-state index in [1.54, 1.807) is 0 Å². The molecular weight excluding hydrogens is 282 g/mol. The van der Waals surface area contributed by atoms with E-state index < -0.39 is 0 Å². The zero-order valence-electron chi connectivity index (χ0n) is 14.0.